The zero-order chi connectivity index (χ0) is 16.3. The van der Waals surface area contributed by atoms with Crippen LogP contribution in [0.15, 0.2) is 24.3 Å². The lowest BCUT2D eigenvalue weighted by molar-refractivity contribution is 0.148. The van der Waals surface area contributed by atoms with Gasteiger partial charge in [0, 0.05) is 63.6 Å². The Morgan fingerprint density at radius 3 is 2.43 bits per heavy atom. The summed E-state index contributed by atoms with van der Waals surface area (Å²) in [7, 11) is 0. The van der Waals surface area contributed by atoms with Crippen LogP contribution >= 0.6 is 0 Å². The molecule has 2 aliphatic rings. The lowest BCUT2D eigenvalue weighted by Crippen LogP contribution is -2.56. The Kier molecular flexibility index (Phi) is 5.24. The maximum absolute atomic E-state index is 3.61. The minimum Gasteiger partial charge on any atom is -0.369 e. The van der Waals surface area contributed by atoms with Gasteiger partial charge in [-0.25, -0.2) is 0 Å². The van der Waals surface area contributed by atoms with Crippen LogP contribution in [0.1, 0.15) is 26.3 Å². The van der Waals surface area contributed by atoms with Crippen molar-refractivity contribution in [1.82, 2.24) is 15.1 Å². The van der Waals surface area contributed by atoms with E-state index in [1.165, 1.54) is 30.9 Å². The fraction of sp³-hybridized carbons (Fsp3) is 0.684. The van der Waals surface area contributed by atoms with Crippen molar-refractivity contribution < 1.29 is 0 Å². The maximum atomic E-state index is 3.61. The molecule has 0 atom stereocenters. The van der Waals surface area contributed by atoms with Crippen molar-refractivity contribution in [3.05, 3.63) is 29.8 Å². The molecule has 2 fully saturated rings. The van der Waals surface area contributed by atoms with Gasteiger partial charge in [-0.1, -0.05) is 25.1 Å². The smallest absolute Gasteiger partial charge is 0.0412 e. The fourth-order valence-electron chi connectivity index (χ4n) is 3.88. The average Bonchev–Trinajstić information content (AvgIpc) is 2.55. The lowest BCUT2D eigenvalue weighted by Gasteiger charge is -2.40. The lowest BCUT2D eigenvalue weighted by atomic mass is 10.0. The average molecular weight is 316 g/mol. The van der Waals surface area contributed by atoms with E-state index in [4.69, 9.17) is 0 Å². The Balaban J connectivity index is 1.69. The van der Waals surface area contributed by atoms with Crippen LogP contribution in [0.5, 0.6) is 0 Å². The van der Waals surface area contributed by atoms with Crippen molar-refractivity contribution in [2.24, 2.45) is 0 Å². The molecule has 0 spiro atoms. The Morgan fingerprint density at radius 2 is 1.74 bits per heavy atom. The van der Waals surface area contributed by atoms with Gasteiger partial charge in [-0.05, 0) is 32.0 Å². The molecule has 0 aliphatic carbocycles. The van der Waals surface area contributed by atoms with E-state index in [-0.39, 0.29) is 5.54 Å². The van der Waals surface area contributed by atoms with Gasteiger partial charge < -0.3 is 15.1 Å². The molecule has 0 aromatic heterocycles. The first-order valence-electron chi connectivity index (χ1n) is 9.10. The third kappa shape index (κ3) is 4.25. The summed E-state index contributed by atoms with van der Waals surface area (Å²) in [5.74, 6) is 0. The highest BCUT2D eigenvalue weighted by atomic mass is 15.3. The highest BCUT2D eigenvalue weighted by Crippen LogP contribution is 2.24. The number of nitrogens with one attached hydrogen (secondary N) is 1. The van der Waals surface area contributed by atoms with E-state index in [9.17, 15) is 0 Å². The van der Waals surface area contributed by atoms with Crippen molar-refractivity contribution in [3.63, 3.8) is 0 Å². The van der Waals surface area contributed by atoms with E-state index >= 15 is 0 Å². The molecule has 0 bridgehead atoms. The van der Waals surface area contributed by atoms with Crippen molar-refractivity contribution in [3.8, 4) is 0 Å². The Bertz CT molecular complexity index is 506. The van der Waals surface area contributed by atoms with Crippen molar-refractivity contribution >= 4 is 5.69 Å². The van der Waals surface area contributed by atoms with Gasteiger partial charge in [0.1, 0.15) is 0 Å². The monoisotopic (exact) mass is 316 g/mol. The van der Waals surface area contributed by atoms with Gasteiger partial charge in [-0.2, -0.15) is 0 Å². The summed E-state index contributed by atoms with van der Waals surface area (Å²) in [6.45, 7) is 17.1. The zero-order valence-corrected chi connectivity index (χ0v) is 15.0. The summed E-state index contributed by atoms with van der Waals surface area (Å²) >= 11 is 0. The quantitative estimate of drug-likeness (QED) is 0.917. The molecule has 3 rings (SSSR count). The summed E-state index contributed by atoms with van der Waals surface area (Å²) in [5.41, 5.74) is 3.15. The predicted molar refractivity (Wildman–Crippen MR) is 98.1 cm³/mol. The van der Waals surface area contributed by atoms with E-state index in [0.29, 0.717) is 0 Å². The van der Waals surface area contributed by atoms with Crippen LogP contribution in [0.3, 0.4) is 0 Å². The normalized spacial score (nSPS) is 23.2. The van der Waals surface area contributed by atoms with Crippen LogP contribution in [0.2, 0.25) is 0 Å². The first kappa shape index (κ1) is 16.7. The second-order valence-electron chi connectivity index (χ2n) is 7.57. The predicted octanol–water partition coefficient (Wildman–Crippen LogP) is 2.01. The highest BCUT2D eigenvalue weighted by Gasteiger charge is 2.26. The van der Waals surface area contributed by atoms with Crippen LogP contribution < -0.4 is 10.2 Å². The van der Waals surface area contributed by atoms with Gasteiger partial charge in [-0.3, -0.25) is 4.90 Å². The van der Waals surface area contributed by atoms with Crippen LogP contribution in [-0.4, -0.2) is 67.7 Å². The molecule has 1 N–H and O–H groups in total. The number of piperazine rings is 2. The molecule has 4 heteroatoms. The number of hydrogen-bond donors (Lipinski definition) is 1. The number of anilines is 1. The number of benzene rings is 1. The minimum atomic E-state index is 0.222. The molecular weight excluding hydrogens is 284 g/mol. The number of nitrogens with zero attached hydrogens (tertiary/aromatic N) is 3. The third-order valence-electron chi connectivity index (χ3n) is 5.20. The summed E-state index contributed by atoms with van der Waals surface area (Å²) in [6, 6.07) is 9.00. The maximum Gasteiger partial charge on any atom is 0.0412 e. The molecule has 2 heterocycles. The van der Waals surface area contributed by atoms with E-state index < -0.39 is 0 Å². The second kappa shape index (κ2) is 7.20. The van der Waals surface area contributed by atoms with Crippen LogP contribution in [-0.2, 0) is 6.54 Å². The molecular formula is C19H32N4. The number of likely N-dealkylation sites (N-methyl/N-ethyl adjacent to an activating group) is 1. The summed E-state index contributed by atoms with van der Waals surface area (Å²) in [5, 5.41) is 3.61. The van der Waals surface area contributed by atoms with Crippen molar-refractivity contribution in [2.45, 2.75) is 32.9 Å². The van der Waals surface area contributed by atoms with Gasteiger partial charge in [0.25, 0.3) is 0 Å². The summed E-state index contributed by atoms with van der Waals surface area (Å²) in [4.78, 5) is 7.71. The Hall–Kier alpha value is -1.10. The molecule has 1 aromatic carbocycles. The minimum absolute atomic E-state index is 0.222. The topological polar surface area (TPSA) is 21.8 Å². The molecule has 23 heavy (non-hydrogen) atoms. The van der Waals surface area contributed by atoms with E-state index in [2.05, 4.69) is 65.1 Å². The summed E-state index contributed by atoms with van der Waals surface area (Å²) < 4.78 is 0. The van der Waals surface area contributed by atoms with Crippen molar-refractivity contribution in [2.75, 3.05) is 57.3 Å². The standard InChI is InChI=1S/C19H32N4/c1-4-21-11-13-23(14-12-21)18-8-6-5-7-17(18)15-22-10-9-20-19(2,3)16-22/h5-8,20H,4,9-16H2,1-3H3. The van der Waals surface area contributed by atoms with E-state index in [1.807, 2.05) is 0 Å². The third-order valence-corrected chi connectivity index (χ3v) is 5.20. The van der Waals surface area contributed by atoms with Gasteiger partial charge >= 0.3 is 0 Å². The Morgan fingerprint density at radius 1 is 1.00 bits per heavy atom. The van der Waals surface area contributed by atoms with E-state index in [1.54, 1.807) is 0 Å². The van der Waals surface area contributed by atoms with E-state index in [0.717, 1.165) is 39.3 Å². The molecule has 2 saturated heterocycles. The molecule has 4 nitrogen and oxygen atoms in total. The van der Waals surface area contributed by atoms with Gasteiger partial charge in [0.2, 0.25) is 0 Å². The molecule has 0 amide bonds. The van der Waals surface area contributed by atoms with Crippen LogP contribution in [0, 0.1) is 0 Å². The first-order chi connectivity index (χ1) is 11.1. The van der Waals surface area contributed by atoms with Crippen LogP contribution in [0.4, 0.5) is 5.69 Å². The largest absolute Gasteiger partial charge is 0.369 e. The number of rotatable bonds is 4. The SMILES string of the molecule is CCN1CCN(c2ccccc2CN2CCNC(C)(C)C2)CC1. The highest BCUT2D eigenvalue weighted by molar-refractivity contribution is 5.54. The van der Waals surface area contributed by atoms with Gasteiger partial charge in [0.05, 0.1) is 0 Å². The fourth-order valence-corrected chi connectivity index (χ4v) is 3.88. The molecule has 0 unspecified atom stereocenters. The molecule has 0 saturated carbocycles. The Labute approximate surface area is 141 Å². The van der Waals surface area contributed by atoms with Crippen molar-refractivity contribution in [1.29, 1.82) is 0 Å². The second-order valence-corrected chi connectivity index (χ2v) is 7.57. The van der Waals surface area contributed by atoms with Crippen LogP contribution in [0.25, 0.3) is 0 Å². The molecule has 128 valence electrons. The molecule has 1 aromatic rings. The molecule has 2 aliphatic heterocycles. The molecule has 0 radical (unpaired) electrons. The zero-order valence-electron chi connectivity index (χ0n) is 15.0. The van der Waals surface area contributed by atoms with Gasteiger partial charge in [0.15, 0.2) is 0 Å². The number of para-hydroxylation sites is 1. The summed E-state index contributed by atoms with van der Waals surface area (Å²) in [6.07, 6.45) is 0. The number of hydrogen-bond acceptors (Lipinski definition) is 4. The van der Waals surface area contributed by atoms with Gasteiger partial charge in [-0.15, -0.1) is 0 Å². The first-order valence-corrected chi connectivity index (χ1v) is 9.10.